The fraction of sp³-hybridized carbons (Fsp3) is 0.333. The van der Waals surface area contributed by atoms with Gasteiger partial charge in [0.25, 0.3) is 5.91 Å². The van der Waals surface area contributed by atoms with Crippen molar-refractivity contribution in [3.8, 4) is 0 Å². The van der Waals surface area contributed by atoms with Crippen LogP contribution in [0.1, 0.15) is 27.0 Å². The summed E-state index contributed by atoms with van der Waals surface area (Å²) >= 11 is 0. The summed E-state index contributed by atoms with van der Waals surface area (Å²) in [6.45, 7) is 4.84. The fourth-order valence-corrected chi connectivity index (χ4v) is 3.00. The summed E-state index contributed by atoms with van der Waals surface area (Å²) in [7, 11) is 1.50. The second-order valence-corrected chi connectivity index (χ2v) is 6.38. The lowest BCUT2D eigenvalue weighted by Crippen LogP contribution is -2.36. The largest absolute Gasteiger partial charge is 0.399 e. The number of oxime groups is 1. The predicted octanol–water partition coefficient (Wildman–Crippen LogP) is 2.43. The van der Waals surface area contributed by atoms with Gasteiger partial charge in [0.05, 0.1) is 19.4 Å². The van der Waals surface area contributed by atoms with Gasteiger partial charge >= 0.3 is 0 Å². The van der Waals surface area contributed by atoms with Crippen molar-refractivity contribution in [1.29, 1.82) is 0 Å². The maximum absolute atomic E-state index is 12.4. The number of ether oxygens (including phenoxy) is 1. The van der Waals surface area contributed by atoms with Crippen molar-refractivity contribution in [2.24, 2.45) is 5.16 Å². The Morgan fingerprint density at radius 2 is 1.85 bits per heavy atom. The lowest BCUT2D eigenvalue weighted by atomic mass is 10.1. The molecule has 0 bridgehead atoms. The molecular weight excluding hydrogens is 342 g/mol. The molecule has 27 heavy (non-hydrogen) atoms. The predicted molar refractivity (Wildman–Crippen MR) is 105 cm³/mol. The van der Waals surface area contributed by atoms with Crippen molar-refractivity contribution in [3.05, 3.63) is 70.8 Å². The average Bonchev–Trinajstić information content (AvgIpc) is 2.72. The molecule has 1 saturated heterocycles. The second-order valence-electron chi connectivity index (χ2n) is 6.38. The summed E-state index contributed by atoms with van der Waals surface area (Å²) in [6, 6.07) is 15.5. The van der Waals surface area contributed by atoms with Crippen molar-refractivity contribution in [1.82, 2.24) is 10.2 Å². The first-order valence-corrected chi connectivity index (χ1v) is 9.08. The van der Waals surface area contributed by atoms with E-state index < -0.39 is 0 Å². The molecule has 1 aliphatic heterocycles. The monoisotopic (exact) mass is 367 g/mol. The Bertz CT molecular complexity index is 768. The van der Waals surface area contributed by atoms with Crippen LogP contribution in [0.5, 0.6) is 0 Å². The molecule has 1 fully saturated rings. The van der Waals surface area contributed by atoms with Crippen molar-refractivity contribution in [2.75, 3.05) is 33.4 Å². The molecule has 0 spiro atoms. The number of nitrogens with one attached hydrogen (secondary N) is 1. The first-order valence-electron chi connectivity index (χ1n) is 9.08. The van der Waals surface area contributed by atoms with Gasteiger partial charge in [-0.25, -0.2) is 0 Å². The number of carbonyl (C=O) groups excluding carboxylic acids is 1. The lowest BCUT2D eigenvalue weighted by Gasteiger charge is -2.27. The number of hydrogen-bond donors (Lipinski definition) is 1. The van der Waals surface area contributed by atoms with Gasteiger partial charge in [-0.2, -0.15) is 0 Å². The lowest BCUT2D eigenvalue weighted by molar-refractivity contribution is 0.0340. The highest BCUT2D eigenvalue weighted by atomic mass is 16.6. The molecule has 1 amide bonds. The van der Waals surface area contributed by atoms with Crippen LogP contribution in [0.2, 0.25) is 0 Å². The Morgan fingerprint density at radius 3 is 2.56 bits per heavy atom. The van der Waals surface area contributed by atoms with Gasteiger partial charge in [-0.05, 0) is 28.8 Å². The molecule has 6 nitrogen and oxygen atoms in total. The van der Waals surface area contributed by atoms with E-state index in [1.807, 2.05) is 24.3 Å². The Kier molecular flexibility index (Phi) is 6.96. The van der Waals surface area contributed by atoms with Crippen LogP contribution in [-0.2, 0) is 22.7 Å². The molecule has 2 aromatic rings. The van der Waals surface area contributed by atoms with Crippen LogP contribution < -0.4 is 5.32 Å². The number of benzene rings is 2. The standard InChI is InChI=1S/C21H25N3O3/c1-26-23-14-17-6-8-18(9-7-17)21(25)22-15-19-4-2-3-5-20(19)16-24-10-12-27-13-11-24/h2-9,14H,10-13,15-16H2,1H3,(H,22,25)/b23-14+. The quantitative estimate of drug-likeness (QED) is 0.603. The van der Waals surface area contributed by atoms with Crippen LogP contribution in [0.15, 0.2) is 53.7 Å². The van der Waals surface area contributed by atoms with Gasteiger partial charge < -0.3 is 14.9 Å². The molecule has 0 radical (unpaired) electrons. The Balaban J connectivity index is 1.59. The molecule has 0 atom stereocenters. The minimum atomic E-state index is -0.0913. The van der Waals surface area contributed by atoms with Gasteiger partial charge in [0.2, 0.25) is 0 Å². The van der Waals surface area contributed by atoms with Gasteiger partial charge in [-0.1, -0.05) is 41.6 Å². The van der Waals surface area contributed by atoms with Crippen LogP contribution in [-0.4, -0.2) is 50.4 Å². The number of carbonyl (C=O) groups is 1. The highest BCUT2D eigenvalue weighted by Gasteiger charge is 2.13. The van der Waals surface area contributed by atoms with E-state index in [9.17, 15) is 4.79 Å². The molecular formula is C21H25N3O3. The third-order valence-corrected chi connectivity index (χ3v) is 4.54. The second kappa shape index (κ2) is 9.85. The Morgan fingerprint density at radius 1 is 1.15 bits per heavy atom. The van der Waals surface area contributed by atoms with Gasteiger partial charge in [0, 0.05) is 31.7 Å². The number of rotatable bonds is 7. The zero-order chi connectivity index (χ0) is 18.9. The summed E-state index contributed by atoms with van der Waals surface area (Å²) < 4.78 is 5.41. The third kappa shape index (κ3) is 5.64. The van der Waals surface area contributed by atoms with Crippen LogP contribution in [0, 0.1) is 0 Å². The van der Waals surface area contributed by atoms with E-state index in [1.54, 1.807) is 18.3 Å². The number of morpholine rings is 1. The van der Waals surface area contributed by atoms with E-state index >= 15 is 0 Å². The van der Waals surface area contributed by atoms with Crippen molar-refractivity contribution >= 4 is 12.1 Å². The SMILES string of the molecule is CO/N=C/c1ccc(C(=O)NCc2ccccc2CN2CCOCC2)cc1. The maximum atomic E-state index is 12.4. The highest BCUT2D eigenvalue weighted by molar-refractivity contribution is 5.95. The molecule has 1 heterocycles. The van der Waals surface area contributed by atoms with Crippen LogP contribution in [0.25, 0.3) is 0 Å². The van der Waals surface area contributed by atoms with E-state index in [-0.39, 0.29) is 5.91 Å². The van der Waals surface area contributed by atoms with Gasteiger partial charge in [-0.3, -0.25) is 9.69 Å². The average molecular weight is 367 g/mol. The number of nitrogens with zero attached hydrogens (tertiary/aromatic N) is 2. The van der Waals surface area contributed by atoms with Crippen molar-refractivity contribution in [2.45, 2.75) is 13.1 Å². The molecule has 0 unspecified atom stereocenters. The molecule has 1 aliphatic rings. The Labute approximate surface area is 159 Å². The molecule has 2 aromatic carbocycles. The molecule has 142 valence electrons. The third-order valence-electron chi connectivity index (χ3n) is 4.54. The summed E-state index contributed by atoms with van der Waals surface area (Å²) in [5.74, 6) is -0.0913. The number of hydrogen-bond acceptors (Lipinski definition) is 5. The van der Waals surface area contributed by atoms with Gasteiger partial charge in [0.1, 0.15) is 7.11 Å². The van der Waals surface area contributed by atoms with Crippen LogP contribution in [0.4, 0.5) is 0 Å². The smallest absolute Gasteiger partial charge is 0.251 e. The summed E-state index contributed by atoms with van der Waals surface area (Å²) in [6.07, 6.45) is 1.60. The zero-order valence-corrected chi connectivity index (χ0v) is 15.6. The van der Waals surface area contributed by atoms with E-state index in [0.29, 0.717) is 12.1 Å². The summed E-state index contributed by atoms with van der Waals surface area (Å²) in [5, 5.41) is 6.73. The van der Waals surface area contributed by atoms with Gasteiger partial charge in [0.15, 0.2) is 0 Å². The summed E-state index contributed by atoms with van der Waals surface area (Å²) in [4.78, 5) is 19.5. The first-order chi connectivity index (χ1) is 13.3. The number of amides is 1. The molecule has 0 aliphatic carbocycles. The first kappa shape index (κ1) is 19.1. The minimum absolute atomic E-state index is 0.0913. The minimum Gasteiger partial charge on any atom is -0.399 e. The normalized spacial score (nSPS) is 15.0. The fourth-order valence-electron chi connectivity index (χ4n) is 3.00. The van der Waals surface area contributed by atoms with Gasteiger partial charge in [-0.15, -0.1) is 0 Å². The highest BCUT2D eigenvalue weighted by Crippen LogP contribution is 2.13. The molecule has 6 heteroatoms. The maximum Gasteiger partial charge on any atom is 0.251 e. The van der Waals surface area contributed by atoms with E-state index in [1.165, 1.54) is 12.7 Å². The Hall–Kier alpha value is -2.70. The van der Waals surface area contributed by atoms with Crippen molar-refractivity contribution in [3.63, 3.8) is 0 Å². The molecule has 0 saturated carbocycles. The zero-order valence-electron chi connectivity index (χ0n) is 15.6. The summed E-state index contributed by atoms with van der Waals surface area (Å²) in [5.41, 5.74) is 3.88. The van der Waals surface area contributed by atoms with Crippen molar-refractivity contribution < 1.29 is 14.4 Å². The van der Waals surface area contributed by atoms with E-state index in [0.717, 1.165) is 44.0 Å². The van der Waals surface area contributed by atoms with Crippen LogP contribution >= 0.6 is 0 Å². The molecule has 1 N–H and O–H groups in total. The van der Waals surface area contributed by atoms with Crippen LogP contribution in [0.3, 0.4) is 0 Å². The molecule has 0 aromatic heterocycles. The topological polar surface area (TPSA) is 63.2 Å². The van der Waals surface area contributed by atoms with E-state index in [4.69, 9.17) is 4.74 Å². The van der Waals surface area contributed by atoms with E-state index in [2.05, 4.69) is 32.3 Å². The molecule has 3 rings (SSSR count).